The molecule has 13 heavy (non-hydrogen) atoms. The van der Waals surface area contributed by atoms with E-state index < -0.39 is 5.91 Å². The molecule has 4 heteroatoms. The van der Waals surface area contributed by atoms with Crippen molar-refractivity contribution in [3.63, 3.8) is 0 Å². The molecule has 0 fully saturated rings. The zero-order chi connectivity index (χ0) is 8.97. The van der Waals surface area contributed by atoms with Crippen molar-refractivity contribution in [1.29, 1.82) is 0 Å². The Kier molecular flexibility index (Phi) is 4.80. The molecule has 70 valence electrons. The highest BCUT2D eigenvalue weighted by molar-refractivity contribution is 6.18. The Bertz CT molecular complexity index is 298. The zero-order valence-electron chi connectivity index (χ0n) is 6.86. The molecule has 0 heterocycles. The monoisotopic (exact) mass is 199 g/mol. The number of nitrogens with one attached hydrogen (secondary N) is 1. The van der Waals surface area contributed by atoms with Crippen molar-refractivity contribution in [3.8, 4) is 0 Å². The Morgan fingerprint density at radius 2 is 1.85 bits per heavy atom. The van der Waals surface area contributed by atoms with Crippen molar-refractivity contribution < 1.29 is 10.0 Å². The van der Waals surface area contributed by atoms with E-state index in [2.05, 4.69) is 6.58 Å². The van der Waals surface area contributed by atoms with Crippen molar-refractivity contribution in [1.82, 2.24) is 5.48 Å². The van der Waals surface area contributed by atoms with Crippen LogP contribution in [0.3, 0.4) is 0 Å². The maximum absolute atomic E-state index is 10.9. The van der Waals surface area contributed by atoms with Crippen molar-refractivity contribution in [2.24, 2.45) is 0 Å². The van der Waals surface area contributed by atoms with Gasteiger partial charge in [-0.3, -0.25) is 10.0 Å². The number of hydroxylamine groups is 1. The van der Waals surface area contributed by atoms with Crippen LogP contribution in [0.25, 0.3) is 5.57 Å². The Morgan fingerprint density at radius 1 is 1.31 bits per heavy atom. The standard InChI is InChI=1S/C9H9NO2.ClH/c1-7(9(11)10-12)8-5-3-2-4-6-8;/h2-6,12H,1H2,(H,10,11);1H. The van der Waals surface area contributed by atoms with E-state index in [4.69, 9.17) is 5.21 Å². The number of halogens is 1. The summed E-state index contributed by atoms with van der Waals surface area (Å²) in [5.74, 6) is -0.582. The molecule has 0 saturated carbocycles. The topological polar surface area (TPSA) is 49.3 Å². The summed E-state index contributed by atoms with van der Waals surface area (Å²) < 4.78 is 0. The Morgan fingerprint density at radius 3 is 2.31 bits per heavy atom. The van der Waals surface area contributed by atoms with Crippen LogP contribution in [0.2, 0.25) is 0 Å². The van der Waals surface area contributed by atoms with Gasteiger partial charge in [0.2, 0.25) is 0 Å². The lowest BCUT2D eigenvalue weighted by atomic mass is 10.1. The van der Waals surface area contributed by atoms with Gasteiger partial charge in [0.15, 0.2) is 0 Å². The fraction of sp³-hybridized carbons (Fsp3) is 0. The van der Waals surface area contributed by atoms with E-state index in [0.717, 1.165) is 0 Å². The minimum absolute atomic E-state index is 0. The molecule has 2 N–H and O–H groups in total. The van der Waals surface area contributed by atoms with Crippen molar-refractivity contribution in [2.45, 2.75) is 0 Å². The van der Waals surface area contributed by atoms with Gasteiger partial charge in [0.25, 0.3) is 5.91 Å². The summed E-state index contributed by atoms with van der Waals surface area (Å²) in [5, 5.41) is 8.31. The van der Waals surface area contributed by atoms with Gasteiger partial charge >= 0.3 is 0 Å². The molecule has 0 bridgehead atoms. The van der Waals surface area contributed by atoms with Gasteiger partial charge in [-0.15, -0.1) is 12.4 Å². The second-order valence-electron chi connectivity index (χ2n) is 2.29. The highest BCUT2D eigenvalue weighted by Gasteiger charge is 2.06. The second-order valence-corrected chi connectivity index (χ2v) is 2.29. The number of hydrogen-bond donors (Lipinski definition) is 2. The van der Waals surface area contributed by atoms with Crippen LogP contribution in [0.5, 0.6) is 0 Å². The predicted molar refractivity (Wildman–Crippen MR) is 52.7 cm³/mol. The summed E-state index contributed by atoms with van der Waals surface area (Å²) in [7, 11) is 0. The molecular formula is C9H10ClNO2. The van der Waals surface area contributed by atoms with Gasteiger partial charge < -0.3 is 0 Å². The number of benzene rings is 1. The summed E-state index contributed by atoms with van der Waals surface area (Å²) in [6, 6.07) is 8.93. The van der Waals surface area contributed by atoms with E-state index >= 15 is 0 Å². The number of amides is 1. The van der Waals surface area contributed by atoms with Crippen molar-refractivity contribution in [2.75, 3.05) is 0 Å². The maximum Gasteiger partial charge on any atom is 0.274 e. The molecule has 0 radical (unpaired) electrons. The molecule has 1 aromatic rings. The van der Waals surface area contributed by atoms with E-state index in [1.165, 1.54) is 5.48 Å². The van der Waals surface area contributed by atoms with E-state index in [9.17, 15) is 4.79 Å². The lowest BCUT2D eigenvalue weighted by molar-refractivity contribution is -0.123. The Labute approximate surface area is 82.4 Å². The molecule has 3 nitrogen and oxygen atoms in total. The molecule has 0 atom stereocenters. The highest BCUT2D eigenvalue weighted by atomic mass is 35.5. The number of carbonyl (C=O) groups is 1. The number of carbonyl (C=O) groups excluding carboxylic acids is 1. The van der Waals surface area contributed by atoms with Gasteiger partial charge in [-0.2, -0.15) is 0 Å². The molecule has 0 spiro atoms. The largest absolute Gasteiger partial charge is 0.288 e. The first-order valence-corrected chi connectivity index (χ1v) is 3.44. The first kappa shape index (κ1) is 11.7. The highest BCUT2D eigenvalue weighted by Crippen LogP contribution is 2.10. The quantitative estimate of drug-likeness (QED) is 0.432. The number of rotatable bonds is 2. The first-order valence-electron chi connectivity index (χ1n) is 3.44. The minimum Gasteiger partial charge on any atom is -0.288 e. The van der Waals surface area contributed by atoms with Crippen LogP contribution in [0.15, 0.2) is 36.9 Å². The predicted octanol–water partition coefficient (Wildman–Crippen LogP) is 1.63. The number of hydrogen-bond acceptors (Lipinski definition) is 2. The van der Waals surface area contributed by atoms with Crippen LogP contribution >= 0.6 is 12.4 Å². The van der Waals surface area contributed by atoms with Crippen LogP contribution in [0.1, 0.15) is 5.56 Å². The molecule has 0 aliphatic carbocycles. The molecule has 1 amide bonds. The van der Waals surface area contributed by atoms with Gasteiger partial charge in [0, 0.05) is 5.57 Å². The van der Waals surface area contributed by atoms with Crippen molar-refractivity contribution >= 4 is 23.9 Å². The van der Waals surface area contributed by atoms with Crippen LogP contribution in [0.4, 0.5) is 0 Å². The summed E-state index contributed by atoms with van der Waals surface area (Å²) in [5.41, 5.74) is 2.47. The second kappa shape index (κ2) is 5.35. The average Bonchev–Trinajstić information content (AvgIpc) is 2.17. The van der Waals surface area contributed by atoms with E-state index in [-0.39, 0.29) is 18.0 Å². The van der Waals surface area contributed by atoms with Gasteiger partial charge in [0.1, 0.15) is 0 Å². The summed E-state index contributed by atoms with van der Waals surface area (Å²) >= 11 is 0. The Hall–Kier alpha value is -1.32. The average molecular weight is 200 g/mol. The van der Waals surface area contributed by atoms with E-state index in [0.29, 0.717) is 5.56 Å². The minimum atomic E-state index is -0.582. The SMILES string of the molecule is C=C(C(=O)NO)c1ccccc1.Cl. The van der Waals surface area contributed by atoms with Crippen LogP contribution in [-0.4, -0.2) is 11.1 Å². The Balaban J connectivity index is 0.00000144. The third-order valence-corrected chi connectivity index (χ3v) is 1.50. The molecule has 0 aliphatic heterocycles. The summed E-state index contributed by atoms with van der Waals surface area (Å²) in [6.45, 7) is 3.52. The van der Waals surface area contributed by atoms with Gasteiger partial charge in [-0.1, -0.05) is 36.9 Å². The smallest absolute Gasteiger partial charge is 0.274 e. The van der Waals surface area contributed by atoms with E-state index in [1.807, 2.05) is 6.07 Å². The fourth-order valence-corrected chi connectivity index (χ4v) is 0.838. The first-order chi connectivity index (χ1) is 5.75. The van der Waals surface area contributed by atoms with Crippen LogP contribution in [-0.2, 0) is 4.79 Å². The summed E-state index contributed by atoms with van der Waals surface area (Å²) in [6.07, 6.45) is 0. The molecule has 0 unspecified atom stereocenters. The molecular weight excluding hydrogens is 190 g/mol. The summed E-state index contributed by atoms with van der Waals surface area (Å²) in [4.78, 5) is 10.9. The third kappa shape index (κ3) is 2.89. The van der Waals surface area contributed by atoms with E-state index in [1.54, 1.807) is 24.3 Å². The zero-order valence-corrected chi connectivity index (χ0v) is 7.67. The lowest BCUT2D eigenvalue weighted by Crippen LogP contribution is -2.19. The molecule has 1 rings (SSSR count). The van der Waals surface area contributed by atoms with Crippen LogP contribution < -0.4 is 5.48 Å². The van der Waals surface area contributed by atoms with Crippen LogP contribution in [0, 0.1) is 0 Å². The lowest BCUT2D eigenvalue weighted by Gasteiger charge is -2.01. The van der Waals surface area contributed by atoms with Gasteiger partial charge in [-0.05, 0) is 5.56 Å². The molecule has 0 aromatic heterocycles. The molecule has 0 aliphatic rings. The third-order valence-electron chi connectivity index (χ3n) is 1.50. The van der Waals surface area contributed by atoms with Crippen molar-refractivity contribution in [3.05, 3.63) is 42.5 Å². The molecule has 0 saturated heterocycles. The normalized spacial score (nSPS) is 8.38. The van der Waals surface area contributed by atoms with Gasteiger partial charge in [0.05, 0.1) is 0 Å². The molecule has 1 aromatic carbocycles. The maximum atomic E-state index is 10.9. The fourth-order valence-electron chi connectivity index (χ4n) is 0.838. The van der Waals surface area contributed by atoms with Gasteiger partial charge in [-0.25, -0.2) is 5.48 Å².